The lowest BCUT2D eigenvalue weighted by molar-refractivity contribution is -0.123. The zero-order valence-electron chi connectivity index (χ0n) is 22.1. The zero-order chi connectivity index (χ0) is 28.4. The van der Waals surface area contributed by atoms with E-state index >= 15 is 0 Å². The Morgan fingerprint density at radius 3 is 2.31 bits per heavy atom. The van der Waals surface area contributed by atoms with Crippen molar-refractivity contribution in [3.05, 3.63) is 60.2 Å². The fourth-order valence-corrected chi connectivity index (χ4v) is 4.44. The van der Waals surface area contributed by atoms with Crippen molar-refractivity contribution in [2.24, 2.45) is 5.92 Å². The smallest absolute Gasteiger partial charge is 0.402 e. The lowest BCUT2D eigenvalue weighted by Crippen LogP contribution is -2.55. The number of carbonyl (C=O) groups excluding carboxylic acids is 2. The molecule has 3 rings (SSSR count). The number of aliphatic hydroxyl groups excluding tert-OH is 4. The van der Waals surface area contributed by atoms with Crippen LogP contribution in [0.4, 0.5) is 0 Å². The Balaban J connectivity index is 1.82. The Kier molecular flexibility index (Phi) is 11.8. The number of carbonyl (C=O) groups is 2. The molecule has 0 unspecified atom stereocenters. The minimum atomic E-state index is -1.35. The van der Waals surface area contributed by atoms with Crippen molar-refractivity contribution in [2.45, 2.75) is 69.5 Å². The van der Waals surface area contributed by atoms with Crippen LogP contribution in [-0.4, -0.2) is 98.9 Å². The highest BCUT2D eigenvalue weighted by Gasteiger charge is 2.50. The Hall–Kier alpha value is -2.94. The average molecular weight is 544 g/mol. The lowest BCUT2D eigenvalue weighted by atomic mass is 9.74. The molecule has 6 atom stereocenters. The summed E-state index contributed by atoms with van der Waals surface area (Å²) in [5, 5.41) is 45.2. The maximum absolute atomic E-state index is 13.6. The monoisotopic (exact) mass is 544 g/mol. The predicted molar refractivity (Wildman–Crippen MR) is 141 cm³/mol. The van der Waals surface area contributed by atoms with E-state index in [-0.39, 0.29) is 31.1 Å². The van der Waals surface area contributed by atoms with E-state index in [1.165, 1.54) is 18.6 Å². The summed E-state index contributed by atoms with van der Waals surface area (Å²) in [6.07, 6.45) is 0.0860. The molecule has 1 saturated heterocycles. The molecule has 1 aromatic carbocycles. The summed E-state index contributed by atoms with van der Waals surface area (Å²) in [4.78, 5) is 34.4. The van der Waals surface area contributed by atoms with Crippen LogP contribution < -0.4 is 10.6 Å². The number of hydrogen-bond acceptors (Lipinski definition) is 10. The van der Waals surface area contributed by atoms with Gasteiger partial charge in [-0.2, -0.15) is 0 Å². The molecule has 2 amide bonds. The number of nitrogens with zero attached hydrogens (tertiary/aromatic N) is 2. The van der Waals surface area contributed by atoms with Crippen molar-refractivity contribution in [3.8, 4) is 0 Å². The van der Waals surface area contributed by atoms with Gasteiger partial charge in [0.25, 0.3) is 5.91 Å². The van der Waals surface area contributed by atoms with Crippen molar-refractivity contribution < 1.29 is 39.3 Å². The SMILES string of the molecule is CC(C)C[C@H](NC(=O)[C@H](Cc1ccccc1)NC(=O)c1cnccn1)B1O[C@H]([C@H](O)CO)[C@@H]([C@H](O)CCO)O1. The molecule has 0 saturated carbocycles. The molecule has 39 heavy (non-hydrogen) atoms. The van der Waals surface area contributed by atoms with Gasteiger partial charge in [-0.25, -0.2) is 4.98 Å². The van der Waals surface area contributed by atoms with Gasteiger partial charge in [-0.05, 0) is 24.3 Å². The largest absolute Gasteiger partial charge is 0.481 e. The summed E-state index contributed by atoms with van der Waals surface area (Å²) in [6, 6.07) is 8.23. The van der Waals surface area contributed by atoms with Crippen molar-refractivity contribution in [3.63, 3.8) is 0 Å². The normalized spacial score (nSPS) is 20.3. The molecule has 6 N–H and O–H groups in total. The van der Waals surface area contributed by atoms with Crippen molar-refractivity contribution in [2.75, 3.05) is 13.2 Å². The summed E-state index contributed by atoms with van der Waals surface area (Å²) in [5.41, 5.74) is 0.885. The lowest BCUT2D eigenvalue weighted by Gasteiger charge is -2.26. The van der Waals surface area contributed by atoms with E-state index in [2.05, 4.69) is 20.6 Å². The second kappa shape index (κ2) is 15.0. The van der Waals surface area contributed by atoms with Gasteiger partial charge >= 0.3 is 7.12 Å². The van der Waals surface area contributed by atoms with Crippen LogP contribution in [0.5, 0.6) is 0 Å². The summed E-state index contributed by atoms with van der Waals surface area (Å²) in [5.74, 6) is -1.69. The van der Waals surface area contributed by atoms with Crippen LogP contribution in [0.25, 0.3) is 0 Å². The molecule has 212 valence electrons. The first-order chi connectivity index (χ1) is 18.7. The molecular weight excluding hydrogens is 507 g/mol. The third-order valence-electron chi connectivity index (χ3n) is 6.36. The molecule has 0 bridgehead atoms. The van der Waals surface area contributed by atoms with Crippen LogP contribution in [0.3, 0.4) is 0 Å². The average Bonchev–Trinajstić information content (AvgIpc) is 3.38. The van der Waals surface area contributed by atoms with Crippen LogP contribution in [0.15, 0.2) is 48.9 Å². The van der Waals surface area contributed by atoms with E-state index in [1.54, 1.807) is 0 Å². The number of benzene rings is 1. The first-order valence-corrected chi connectivity index (χ1v) is 13.0. The Bertz CT molecular complexity index is 1040. The predicted octanol–water partition coefficient (Wildman–Crippen LogP) is -0.743. The molecule has 1 fully saturated rings. The van der Waals surface area contributed by atoms with Crippen molar-refractivity contribution in [1.29, 1.82) is 0 Å². The standard InChI is InChI=1S/C26H37BN4O8/c1-16(2)12-22(27-38-23(20(34)8-11-32)24(39-27)21(35)15-33)31-25(36)18(13-17-6-4-3-5-7-17)30-26(37)19-14-28-9-10-29-19/h3-7,9-10,14,16,18,20-24,32-35H,8,11-13,15H2,1-2H3,(H,30,37)(H,31,36)/t18-,20+,21+,22-,23+,24+/m0/s1. The highest BCUT2D eigenvalue weighted by molar-refractivity contribution is 6.47. The molecular formula is C26H37BN4O8. The van der Waals surface area contributed by atoms with Gasteiger partial charge in [0.1, 0.15) is 17.8 Å². The highest BCUT2D eigenvalue weighted by atomic mass is 16.7. The quantitative estimate of drug-likeness (QED) is 0.166. The Labute approximate surface area is 227 Å². The van der Waals surface area contributed by atoms with E-state index < -0.39 is 61.9 Å². The van der Waals surface area contributed by atoms with Gasteiger partial charge in [0.15, 0.2) is 0 Å². The number of hydrogen-bond donors (Lipinski definition) is 6. The van der Waals surface area contributed by atoms with Gasteiger partial charge in [0.2, 0.25) is 5.91 Å². The molecule has 2 heterocycles. The van der Waals surface area contributed by atoms with E-state index in [9.17, 15) is 30.0 Å². The molecule has 0 aliphatic carbocycles. The minimum absolute atomic E-state index is 0.0236. The number of aromatic nitrogens is 2. The van der Waals surface area contributed by atoms with Gasteiger partial charge in [0.05, 0.1) is 37.1 Å². The fraction of sp³-hybridized carbons (Fsp3) is 0.538. The first-order valence-electron chi connectivity index (χ1n) is 13.0. The van der Waals surface area contributed by atoms with Crippen LogP contribution in [0, 0.1) is 5.92 Å². The van der Waals surface area contributed by atoms with E-state index in [4.69, 9.17) is 9.31 Å². The van der Waals surface area contributed by atoms with Crippen molar-refractivity contribution in [1.82, 2.24) is 20.6 Å². The topological polar surface area (TPSA) is 183 Å². The van der Waals surface area contributed by atoms with Gasteiger partial charge in [-0.3, -0.25) is 14.6 Å². The molecule has 12 nitrogen and oxygen atoms in total. The molecule has 13 heteroatoms. The summed E-state index contributed by atoms with van der Waals surface area (Å²) in [6.45, 7) is 2.96. The molecule has 2 aromatic rings. The van der Waals surface area contributed by atoms with Crippen LogP contribution in [0.1, 0.15) is 42.7 Å². The van der Waals surface area contributed by atoms with Gasteiger partial charge < -0.3 is 40.4 Å². The van der Waals surface area contributed by atoms with Gasteiger partial charge in [-0.1, -0.05) is 44.2 Å². The maximum Gasteiger partial charge on any atom is 0.481 e. The summed E-state index contributed by atoms with van der Waals surface area (Å²) >= 11 is 0. The van der Waals surface area contributed by atoms with Gasteiger partial charge in [-0.15, -0.1) is 0 Å². The third kappa shape index (κ3) is 8.78. The van der Waals surface area contributed by atoms with Crippen molar-refractivity contribution >= 4 is 18.9 Å². The summed E-state index contributed by atoms with van der Waals surface area (Å²) < 4.78 is 11.9. The maximum atomic E-state index is 13.6. The number of nitrogens with one attached hydrogen (secondary N) is 2. The van der Waals surface area contributed by atoms with E-state index in [0.29, 0.717) is 6.42 Å². The first kappa shape index (κ1) is 30.6. The molecule has 1 aromatic heterocycles. The van der Waals surface area contributed by atoms with E-state index in [1.807, 2.05) is 44.2 Å². The number of rotatable bonds is 14. The van der Waals surface area contributed by atoms with E-state index in [0.717, 1.165) is 5.56 Å². The van der Waals surface area contributed by atoms with Crippen LogP contribution in [-0.2, 0) is 20.5 Å². The van der Waals surface area contributed by atoms with Gasteiger partial charge in [0, 0.05) is 25.4 Å². The second-order valence-corrected chi connectivity index (χ2v) is 9.95. The van der Waals surface area contributed by atoms with Crippen LogP contribution in [0.2, 0.25) is 0 Å². The number of amides is 2. The minimum Gasteiger partial charge on any atom is -0.402 e. The Morgan fingerprint density at radius 1 is 1.03 bits per heavy atom. The molecule has 0 radical (unpaired) electrons. The molecule has 1 aliphatic heterocycles. The zero-order valence-corrected chi connectivity index (χ0v) is 22.1. The molecule has 0 spiro atoms. The molecule has 1 aliphatic rings. The summed E-state index contributed by atoms with van der Waals surface area (Å²) in [7, 11) is -1.06. The fourth-order valence-electron chi connectivity index (χ4n) is 4.44. The third-order valence-corrected chi connectivity index (χ3v) is 6.36. The second-order valence-electron chi connectivity index (χ2n) is 9.95. The highest BCUT2D eigenvalue weighted by Crippen LogP contribution is 2.27. The Morgan fingerprint density at radius 2 is 1.72 bits per heavy atom. The van der Waals surface area contributed by atoms with Crippen LogP contribution >= 0.6 is 0 Å². The number of aliphatic hydroxyl groups is 4.